The second-order valence-corrected chi connectivity index (χ2v) is 11.3. The Morgan fingerprint density at radius 3 is 2.07 bits per heavy atom. The molecule has 0 amide bonds. The third-order valence-electron chi connectivity index (χ3n) is 8.53. The molecule has 6 aromatic carbocycles. The van der Waals surface area contributed by atoms with Crippen LogP contribution in [-0.2, 0) is 6.42 Å². The Kier molecular flexibility index (Phi) is 4.71. The highest BCUT2D eigenvalue weighted by Crippen LogP contribution is 2.40. The Balaban J connectivity index is 1.09. The minimum atomic E-state index is 0.715. The maximum Gasteiger partial charge on any atom is 0.137 e. The van der Waals surface area contributed by atoms with E-state index in [0.29, 0.717) is 5.69 Å². The van der Waals surface area contributed by atoms with Gasteiger partial charge in [-0.15, -0.1) is 0 Å². The molecule has 0 saturated heterocycles. The van der Waals surface area contributed by atoms with E-state index in [9.17, 15) is 0 Å². The molecule has 3 aromatic heterocycles. The van der Waals surface area contributed by atoms with Crippen molar-refractivity contribution in [1.29, 1.82) is 0 Å². The smallest absolute Gasteiger partial charge is 0.137 e. The molecule has 0 aliphatic heterocycles. The first-order valence-corrected chi connectivity index (χ1v) is 14.2. The maximum absolute atomic E-state index is 6.74. The summed E-state index contributed by atoms with van der Waals surface area (Å²) in [6, 6.07) is 37.8. The van der Waals surface area contributed by atoms with Crippen LogP contribution in [0.5, 0.6) is 0 Å². The quantitative estimate of drug-likeness (QED) is 0.225. The number of nitrogens with two attached hydrogens (primary N) is 1. The van der Waals surface area contributed by atoms with E-state index >= 15 is 0 Å². The highest BCUT2D eigenvalue weighted by Gasteiger charge is 2.16. The van der Waals surface area contributed by atoms with Crippen molar-refractivity contribution in [2.24, 2.45) is 0 Å². The van der Waals surface area contributed by atoms with E-state index in [1.807, 2.05) is 30.3 Å². The van der Waals surface area contributed by atoms with E-state index in [4.69, 9.17) is 19.0 Å². The monoisotopic (exact) mass is 543 g/mol. The molecule has 9 aromatic rings. The van der Waals surface area contributed by atoms with Crippen LogP contribution >= 0.6 is 0 Å². The van der Waals surface area contributed by atoms with Crippen LogP contribution < -0.4 is 5.73 Å². The summed E-state index contributed by atoms with van der Waals surface area (Å²) in [4.78, 5) is 0. The highest BCUT2D eigenvalue weighted by atomic mass is 16.3. The van der Waals surface area contributed by atoms with Gasteiger partial charge in [0, 0.05) is 32.5 Å². The first kappa shape index (κ1) is 23.2. The van der Waals surface area contributed by atoms with Crippen molar-refractivity contribution < 1.29 is 13.3 Å². The molecule has 0 atom stereocenters. The fourth-order valence-electron chi connectivity index (χ4n) is 6.47. The Bertz CT molecular complexity index is 2520. The average molecular weight is 544 g/mol. The molecular weight excluding hydrogens is 518 g/mol. The maximum atomic E-state index is 6.74. The number of benzene rings is 6. The predicted octanol–water partition coefficient (Wildman–Crippen LogP) is 10.5. The third kappa shape index (κ3) is 3.42. The van der Waals surface area contributed by atoms with Gasteiger partial charge in [0.2, 0.25) is 0 Å². The van der Waals surface area contributed by atoms with Gasteiger partial charge in [0.1, 0.15) is 33.5 Å². The summed E-state index contributed by atoms with van der Waals surface area (Å²) < 4.78 is 18.5. The summed E-state index contributed by atoms with van der Waals surface area (Å²) in [5.41, 5.74) is 18.3. The minimum absolute atomic E-state index is 0.715. The molecule has 2 N–H and O–H groups in total. The fraction of sp³-hybridized carbons (Fsp3) is 0.0526. The Hall–Kier alpha value is -5.48. The SMILES string of the molecule is Cc1ccc2c(c1)oc1cc(Cc3ccc4oc5cc(-c6ccc7oc8ccccc8c7c6N)ccc5c4c3)ccc12. The number of rotatable bonds is 3. The summed E-state index contributed by atoms with van der Waals surface area (Å²) >= 11 is 0. The van der Waals surface area contributed by atoms with Crippen LogP contribution in [0.3, 0.4) is 0 Å². The van der Waals surface area contributed by atoms with Gasteiger partial charge in [-0.2, -0.15) is 0 Å². The van der Waals surface area contributed by atoms with Gasteiger partial charge < -0.3 is 19.0 Å². The van der Waals surface area contributed by atoms with E-state index in [2.05, 4.69) is 85.8 Å². The summed E-state index contributed by atoms with van der Waals surface area (Å²) in [5.74, 6) is 0. The zero-order valence-electron chi connectivity index (χ0n) is 22.9. The normalized spacial score (nSPS) is 12.1. The van der Waals surface area contributed by atoms with Gasteiger partial charge in [-0.3, -0.25) is 0 Å². The molecule has 0 aliphatic rings. The van der Waals surface area contributed by atoms with Crippen LogP contribution in [0.25, 0.3) is 76.9 Å². The second-order valence-electron chi connectivity index (χ2n) is 11.3. The first-order chi connectivity index (χ1) is 20.6. The Morgan fingerprint density at radius 2 is 1.14 bits per heavy atom. The fourth-order valence-corrected chi connectivity index (χ4v) is 6.47. The first-order valence-electron chi connectivity index (χ1n) is 14.2. The molecule has 0 unspecified atom stereocenters. The van der Waals surface area contributed by atoms with Gasteiger partial charge >= 0.3 is 0 Å². The summed E-state index contributed by atoms with van der Waals surface area (Å²) in [5, 5.41) is 6.49. The van der Waals surface area contributed by atoms with Crippen LogP contribution in [-0.4, -0.2) is 0 Å². The van der Waals surface area contributed by atoms with Crippen molar-refractivity contribution in [2.75, 3.05) is 5.73 Å². The van der Waals surface area contributed by atoms with Crippen LogP contribution in [0.15, 0.2) is 122 Å². The van der Waals surface area contributed by atoms with Crippen LogP contribution in [0.4, 0.5) is 5.69 Å². The summed E-state index contributed by atoms with van der Waals surface area (Å²) in [6.07, 6.45) is 0.807. The van der Waals surface area contributed by atoms with E-state index < -0.39 is 0 Å². The zero-order valence-corrected chi connectivity index (χ0v) is 22.9. The van der Waals surface area contributed by atoms with Crippen molar-refractivity contribution >= 4 is 71.5 Å². The van der Waals surface area contributed by atoms with Crippen LogP contribution in [0.1, 0.15) is 16.7 Å². The van der Waals surface area contributed by atoms with Gasteiger partial charge in [-0.05, 0) is 90.2 Å². The van der Waals surface area contributed by atoms with E-state index in [1.54, 1.807) is 0 Å². The molecule has 0 fully saturated rings. The molecule has 0 saturated carbocycles. The molecule has 200 valence electrons. The van der Waals surface area contributed by atoms with Gasteiger partial charge in [0.15, 0.2) is 0 Å². The van der Waals surface area contributed by atoms with E-state index in [0.717, 1.165) is 83.4 Å². The van der Waals surface area contributed by atoms with Gasteiger partial charge in [0.05, 0.1) is 11.1 Å². The van der Waals surface area contributed by atoms with Gasteiger partial charge in [-0.1, -0.05) is 54.6 Å². The van der Waals surface area contributed by atoms with Crippen molar-refractivity contribution in [1.82, 2.24) is 0 Å². The standard InChI is InChI=1S/C38H25NO3/c1-21-6-10-26-27-11-7-23(19-35(27)42-34(26)16-21)17-22-8-14-32-30(18-22)28-12-9-24(20-36(28)41-32)25-13-15-33-37(38(25)39)29-4-2-3-5-31(29)40-33/h2-16,18-20H,17,39H2,1H3. The lowest BCUT2D eigenvalue weighted by molar-refractivity contribution is 0.667. The minimum Gasteiger partial charge on any atom is -0.456 e. The second kappa shape index (κ2) is 8.51. The number of hydrogen-bond donors (Lipinski definition) is 1. The molecule has 3 heterocycles. The lowest BCUT2D eigenvalue weighted by Gasteiger charge is -2.07. The topological polar surface area (TPSA) is 65.4 Å². The van der Waals surface area contributed by atoms with Crippen LogP contribution in [0.2, 0.25) is 0 Å². The summed E-state index contributed by atoms with van der Waals surface area (Å²) in [7, 11) is 0. The summed E-state index contributed by atoms with van der Waals surface area (Å²) in [6.45, 7) is 2.09. The zero-order chi connectivity index (χ0) is 27.9. The number of hydrogen-bond acceptors (Lipinski definition) is 4. The molecule has 9 rings (SSSR count). The molecule has 0 aliphatic carbocycles. The lowest BCUT2D eigenvalue weighted by atomic mass is 9.98. The molecular formula is C38H25NO3. The third-order valence-corrected chi connectivity index (χ3v) is 8.53. The molecule has 0 radical (unpaired) electrons. The molecule has 4 heteroatoms. The average Bonchev–Trinajstić information content (AvgIpc) is 3.67. The number of furan rings is 3. The molecule has 4 nitrogen and oxygen atoms in total. The molecule has 0 bridgehead atoms. The Morgan fingerprint density at radius 1 is 0.500 bits per heavy atom. The van der Waals surface area contributed by atoms with Crippen molar-refractivity contribution in [3.63, 3.8) is 0 Å². The molecule has 42 heavy (non-hydrogen) atoms. The van der Waals surface area contributed by atoms with Crippen molar-refractivity contribution in [3.05, 3.63) is 126 Å². The van der Waals surface area contributed by atoms with Gasteiger partial charge in [-0.25, -0.2) is 0 Å². The van der Waals surface area contributed by atoms with E-state index in [1.165, 1.54) is 16.7 Å². The number of aryl methyl sites for hydroxylation is 1. The van der Waals surface area contributed by atoms with Crippen LogP contribution in [0, 0.1) is 6.92 Å². The molecule has 0 spiro atoms. The lowest BCUT2D eigenvalue weighted by Crippen LogP contribution is -1.91. The largest absolute Gasteiger partial charge is 0.456 e. The number of anilines is 1. The van der Waals surface area contributed by atoms with Crippen molar-refractivity contribution in [3.8, 4) is 11.1 Å². The van der Waals surface area contributed by atoms with Crippen molar-refractivity contribution in [2.45, 2.75) is 13.3 Å². The predicted molar refractivity (Wildman–Crippen MR) is 172 cm³/mol. The van der Waals surface area contributed by atoms with E-state index in [-0.39, 0.29) is 0 Å². The Labute approximate surface area is 240 Å². The van der Waals surface area contributed by atoms with Gasteiger partial charge in [0.25, 0.3) is 0 Å². The highest BCUT2D eigenvalue weighted by molar-refractivity contribution is 6.14. The number of fused-ring (bicyclic) bond motifs is 9. The number of para-hydroxylation sites is 1. The number of nitrogen functional groups attached to an aromatic ring is 1.